The van der Waals surface area contributed by atoms with Gasteiger partial charge in [-0.1, -0.05) is 19.3 Å². The number of hydrogen-bond acceptors (Lipinski definition) is 2. The van der Waals surface area contributed by atoms with Crippen LogP contribution in [0, 0.1) is 0 Å². The molecule has 2 aromatic heterocycles. The molecule has 3 nitrogen and oxygen atoms in total. The Morgan fingerprint density at radius 3 is 2.74 bits per heavy atom. The normalized spacial score (nSPS) is 20.6. The third kappa shape index (κ3) is 2.14. The van der Waals surface area contributed by atoms with Gasteiger partial charge >= 0.3 is 0 Å². The van der Waals surface area contributed by atoms with E-state index in [1.54, 1.807) is 0 Å². The Kier molecular flexibility index (Phi) is 3.25. The van der Waals surface area contributed by atoms with Gasteiger partial charge in [0.1, 0.15) is 11.3 Å². The molecule has 0 radical (unpaired) electrons. The molecule has 0 spiro atoms. The Morgan fingerprint density at radius 2 is 2.05 bits per heavy atom. The number of aromatic nitrogens is 3. The summed E-state index contributed by atoms with van der Waals surface area (Å²) in [7, 11) is 0. The molecule has 3 rings (SSSR count). The fourth-order valence-electron chi connectivity index (χ4n) is 3.27. The molecule has 0 amide bonds. The van der Waals surface area contributed by atoms with E-state index in [1.165, 1.54) is 32.1 Å². The fourth-order valence-corrected chi connectivity index (χ4v) is 3.41. The average molecular weight is 278 g/mol. The molecule has 1 unspecified atom stereocenters. The molecular weight excluding hydrogens is 258 g/mol. The van der Waals surface area contributed by atoms with E-state index in [-0.39, 0.29) is 10.9 Å². The quantitative estimate of drug-likeness (QED) is 0.761. The van der Waals surface area contributed by atoms with Gasteiger partial charge in [-0.3, -0.25) is 0 Å². The Bertz CT molecular complexity index is 582. The fraction of sp³-hybridized carbons (Fsp3) is 0.600. The lowest BCUT2D eigenvalue weighted by molar-refractivity contribution is 0.218. The van der Waals surface area contributed by atoms with Gasteiger partial charge < -0.3 is 4.57 Å². The van der Waals surface area contributed by atoms with Gasteiger partial charge in [-0.25, -0.2) is 9.97 Å². The first-order valence-corrected chi connectivity index (χ1v) is 7.53. The van der Waals surface area contributed by atoms with Gasteiger partial charge in [0.2, 0.25) is 0 Å². The molecule has 2 aromatic rings. The number of nitrogens with zero attached hydrogens (tertiary/aromatic N) is 3. The van der Waals surface area contributed by atoms with Crippen molar-refractivity contribution >= 4 is 22.8 Å². The number of pyridine rings is 1. The minimum absolute atomic E-state index is 0.0899. The van der Waals surface area contributed by atoms with Gasteiger partial charge in [0.15, 0.2) is 5.65 Å². The van der Waals surface area contributed by atoms with Crippen LogP contribution in [0.4, 0.5) is 0 Å². The number of rotatable bonds is 2. The zero-order valence-electron chi connectivity index (χ0n) is 11.6. The van der Waals surface area contributed by atoms with Gasteiger partial charge in [-0.05, 0) is 38.8 Å². The first kappa shape index (κ1) is 12.9. The molecule has 4 heteroatoms. The van der Waals surface area contributed by atoms with Crippen molar-refractivity contribution in [3.8, 4) is 0 Å². The molecule has 0 saturated heterocycles. The number of alkyl halides is 1. The van der Waals surface area contributed by atoms with Crippen LogP contribution in [0.15, 0.2) is 18.3 Å². The molecule has 1 saturated carbocycles. The molecule has 0 bridgehead atoms. The highest BCUT2D eigenvalue weighted by atomic mass is 35.5. The summed E-state index contributed by atoms with van der Waals surface area (Å²) in [5.74, 6) is 0.958. The summed E-state index contributed by atoms with van der Waals surface area (Å²) in [4.78, 5) is 9.25. The van der Waals surface area contributed by atoms with Crippen molar-refractivity contribution < 1.29 is 0 Å². The van der Waals surface area contributed by atoms with Crippen molar-refractivity contribution in [2.75, 3.05) is 0 Å². The molecular formula is C15H20ClN3. The van der Waals surface area contributed by atoms with Crippen molar-refractivity contribution in [2.45, 2.75) is 56.9 Å². The van der Waals surface area contributed by atoms with Crippen LogP contribution in [0.2, 0.25) is 0 Å². The summed E-state index contributed by atoms with van der Waals surface area (Å²) >= 11 is 6.35. The molecule has 0 N–H and O–H groups in total. The maximum atomic E-state index is 6.35. The van der Waals surface area contributed by atoms with E-state index < -0.39 is 0 Å². The lowest BCUT2D eigenvalue weighted by Crippen LogP contribution is -2.34. The summed E-state index contributed by atoms with van der Waals surface area (Å²) in [5, 5.41) is -0.0899. The van der Waals surface area contributed by atoms with Crippen molar-refractivity contribution in [2.24, 2.45) is 0 Å². The number of imidazole rings is 1. The summed E-state index contributed by atoms with van der Waals surface area (Å²) in [6.07, 6.45) is 8.10. The largest absolute Gasteiger partial charge is 0.306 e. The minimum Gasteiger partial charge on any atom is -0.306 e. The number of fused-ring (bicyclic) bond motifs is 1. The van der Waals surface area contributed by atoms with Crippen molar-refractivity contribution in [1.29, 1.82) is 0 Å². The first-order valence-electron chi connectivity index (χ1n) is 7.10. The van der Waals surface area contributed by atoms with Crippen LogP contribution in [-0.4, -0.2) is 14.5 Å². The van der Waals surface area contributed by atoms with E-state index >= 15 is 0 Å². The molecule has 2 heterocycles. The standard InChI is InChI=1S/C15H20ClN3/c1-11(16)13-18-12-7-6-10-17-14(12)19(13)15(2)8-4-3-5-9-15/h6-7,10-11H,3-5,8-9H2,1-2H3. The molecule has 0 aliphatic heterocycles. The zero-order chi connectivity index (χ0) is 13.5. The molecule has 1 fully saturated rings. The van der Waals surface area contributed by atoms with E-state index in [2.05, 4.69) is 16.5 Å². The van der Waals surface area contributed by atoms with Gasteiger partial charge in [0, 0.05) is 11.7 Å². The second-order valence-corrected chi connectivity index (χ2v) is 6.48. The smallest absolute Gasteiger partial charge is 0.160 e. The molecule has 0 aromatic carbocycles. The lowest BCUT2D eigenvalue weighted by Gasteiger charge is -2.36. The lowest BCUT2D eigenvalue weighted by atomic mass is 9.83. The van der Waals surface area contributed by atoms with E-state index in [1.807, 2.05) is 25.3 Å². The molecule has 19 heavy (non-hydrogen) atoms. The van der Waals surface area contributed by atoms with Crippen LogP contribution >= 0.6 is 11.6 Å². The van der Waals surface area contributed by atoms with Gasteiger partial charge in [-0.2, -0.15) is 0 Å². The Hall–Kier alpha value is -1.09. The summed E-state index contributed by atoms with van der Waals surface area (Å²) in [5.41, 5.74) is 2.05. The number of halogens is 1. The predicted molar refractivity (Wildman–Crippen MR) is 78.5 cm³/mol. The highest BCUT2D eigenvalue weighted by Crippen LogP contribution is 2.39. The second-order valence-electron chi connectivity index (χ2n) is 5.83. The van der Waals surface area contributed by atoms with Gasteiger partial charge in [0.05, 0.1) is 5.38 Å². The van der Waals surface area contributed by atoms with Crippen molar-refractivity contribution in [3.05, 3.63) is 24.2 Å². The van der Waals surface area contributed by atoms with Crippen molar-refractivity contribution in [1.82, 2.24) is 14.5 Å². The second kappa shape index (κ2) is 4.78. The van der Waals surface area contributed by atoms with Crippen LogP contribution in [0.1, 0.15) is 57.2 Å². The van der Waals surface area contributed by atoms with E-state index in [0.29, 0.717) is 0 Å². The maximum absolute atomic E-state index is 6.35. The van der Waals surface area contributed by atoms with E-state index in [4.69, 9.17) is 16.6 Å². The van der Waals surface area contributed by atoms with Crippen LogP contribution in [0.25, 0.3) is 11.2 Å². The minimum atomic E-state index is -0.0899. The summed E-state index contributed by atoms with van der Waals surface area (Å²) < 4.78 is 2.30. The first-order chi connectivity index (χ1) is 9.12. The topological polar surface area (TPSA) is 30.7 Å². The SMILES string of the molecule is CC(Cl)c1nc2cccnc2n1C1(C)CCCCC1. The van der Waals surface area contributed by atoms with Crippen LogP contribution in [-0.2, 0) is 5.54 Å². The van der Waals surface area contributed by atoms with E-state index in [0.717, 1.165) is 17.0 Å². The number of hydrogen-bond donors (Lipinski definition) is 0. The summed E-state index contributed by atoms with van der Waals surface area (Å²) in [6.45, 7) is 4.32. The highest BCUT2D eigenvalue weighted by molar-refractivity contribution is 6.20. The Labute approximate surface area is 119 Å². The van der Waals surface area contributed by atoms with Crippen LogP contribution in [0.3, 0.4) is 0 Å². The molecule has 1 atom stereocenters. The third-order valence-corrected chi connectivity index (χ3v) is 4.46. The maximum Gasteiger partial charge on any atom is 0.160 e. The Morgan fingerprint density at radius 1 is 1.32 bits per heavy atom. The Balaban J connectivity index is 2.22. The average Bonchev–Trinajstić information content (AvgIpc) is 2.79. The van der Waals surface area contributed by atoms with Gasteiger partial charge in [-0.15, -0.1) is 11.6 Å². The predicted octanol–water partition coefficient (Wildman–Crippen LogP) is 4.41. The third-order valence-electron chi connectivity index (χ3n) is 4.27. The van der Waals surface area contributed by atoms with Crippen molar-refractivity contribution in [3.63, 3.8) is 0 Å². The summed E-state index contributed by atoms with van der Waals surface area (Å²) in [6, 6.07) is 3.96. The molecule has 1 aliphatic carbocycles. The highest BCUT2D eigenvalue weighted by Gasteiger charge is 2.33. The monoisotopic (exact) mass is 277 g/mol. The van der Waals surface area contributed by atoms with Crippen LogP contribution in [0.5, 0.6) is 0 Å². The van der Waals surface area contributed by atoms with Crippen LogP contribution < -0.4 is 0 Å². The van der Waals surface area contributed by atoms with E-state index in [9.17, 15) is 0 Å². The van der Waals surface area contributed by atoms with Gasteiger partial charge in [0.25, 0.3) is 0 Å². The zero-order valence-corrected chi connectivity index (χ0v) is 12.3. The molecule has 102 valence electrons. The molecule has 1 aliphatic rings.